The van der Waals surface area contributed by atoms with Gasteiger partial charge in [0.1, 0.15) is 5.75 Å². The van der Waals surface area contributed by atoms with E-state index in [1.54, 1.807) is 0 Å². The van der Waals surface area contributed by atoms with E-state index in [4.69, 9.17) is 5.11 Å². The number of carboxylic acid groups (broad SMARTS) is 1. The van der Waals surface area contributed by atoms with Gasteiger partial charge in [0.25, 0.3) is 0 Å². The van der Waals surface area contributed by atoms with Crippen molar-refractivity contribution in [2.24, 2.45) is 0 Å². The predicted octanol–water partition coefficient (Wildman–Crippen LogP) is 1.73. The molecular formula is C14H16F3NO5. The fraction of sp³-hybridized carbons (Fsp3) is 0.429. The highest BCUT2D eigenvalue weighted by Crippen LogP contribution is 2.22. The Hall–Kier alpha value is -2.29. The number of aliphatic carboxylic acids is 1. The maximum atomic E-state index is 12.0. The molecule has 0 bridgehead atoms. The molecule has 1 aromatic carbocycles. The molecule has 128 valence electrons. The third-order valence-corrected chi connectivity index (χ3v) is 2.84. The Morgan fingerprint density at radius 1 is 1.26 bits per heavy atom. The lowest BCUT2D eigenvalue weighted by molar-refractivity contribution is -0.274. The van der Waals surface area contributed by atoms with Gasteiger partial charge in [0, 0.05) is 13.5 Å². The van der Waals surface area contributed by atoms with Crippen LogP contribution in [0.1, 0.15) is 12.0 Å². The molecule has 6 nitrogen and oxygen atoms in total. The molecule has 0 aliphatic heterocycles. The fourth-order valence-electron chi connectivity index (χ4n) is 1.68. The number of carbonyl (C=O) groups excluding carboxylic acids is 1. The van der Waals surface area contributed by atoms with Gasteiger partial charge in [0.05, 0.1) is 6.54 Å². The maximum absolute atomic E-state index is 12.0. The highest BCUT2D eigenvalue weighted by Gasteiger charge is 2.30. The minimum atomic E-state index is -4.75. The van der Waals surface area contributed by atoms with Gasteiger partial charge in [-0.2, -0.15) is 0 Å². The van der Waals surface area contributed by atoms with Crippen molar-refractivity contribution >= 4 is 11.9 Å². The maximum Gasteiger partial charge on any atom is 0.573 e. The smallest absolute Gasteiger partial charge is 0.479 e. The lowest BCUT2D eigenvalue weighted by Gasteiger charge is -2.11. The first-order valence-electron chi connectivity index (χ1n) is 6.58. The second-order valence-corrected chi connectivity index (χ2v) is 4.56. The first kappa shape index (κ1) is 18.8. The van der Waals surface area contributed by atoms with Gasteiger partial charge in [-0.25, -0.2) is 4.79 Å². The molecule has 23 heavy (non-hydrogen) atoms. The molecule has 1 atom stereocenters. The Morgan fingerprint density at radius 3 is 2.35 bits per heavy atom. The van der Waals surface area contributed by atoms with Crippen LogP contribution < -0.4 is 10.1 Å². The van der Waals surface area contributed by atoms with Gasteiger partial charge in [-0.05, 0) is 24.1 Å². The molecule has 0 aromatic heterocycles. The molecule has 0 spiro atoms. The topological polar surface area (TPSA) is 84.9 Å². The van der Waals surface area contributed by atoms with Crippen molar-refractivity contribution in [1.82, 2.24) is 5.32 Å². The number of ether oxygens (including phenoxy) is 2. The summed E-state index contributed by atoms with van der Waals surface area (Å²) < 4.78 is 44.4. The van der Waals surface area contributed by atoms with Crippen LogP contribution in [0.25, 0.3) is 0 Å². The summed E-state index contributed by atoms with van der Waals surface area (Å²) in [7, 11) is 1.22. The number of hydrogen-bond donors (Lipinski definition) is 2. The number of methoxy groups -OCH3 is 1. The van der Waals surface area contributed by atoms with E-state index in [0.717, 1.165) is 12.1 Å². The lowest BCUT2D eigenvalue weighted by atomic mass is 10.1. The first-order chi connectivity index (χ1) is 10.7. The average molecular weight is 335 g/mol. The number of rotatable bonds is 8. The molecule has 0 heterocycles. The number of hydrogen-bond acceptors (Lipinski definition) is 4. The molecule has 0 saturated carbocycles. The van der Waals surface area contributed by atoms with Crippen molar-refractivity contribution < 1.29 is 37.3 Å². The van der Waals surface area contributed by atoms with Gasteiger partial charge in [0.15, 0.2) is 6.10 Å². The van der Waals surface area contributed by atoms with Gasteiger partial charge in [0.2, 0.25) is 5.91 Å². The SMILES string of the molecule is COC(CNC(=O)CCc1ccc(OC(F)(F)F)cc1)C(=O)O. The van der Waals surface area contributed by atoms with Crippen molar-refractivity contribution in [3.63, 3.8) is 0 Å². The number of amides is 1. The monoisotopic (exact) mass is 335 g/mol. The van der Waals surface area contributed by atoms with Crippen LogP contribution in [-0.2, 0) is 20.7 Å². The number of nitrogens with one attached hydrogen (secondary N) is 1. The Bertz CT molecular complexity index is 530. The summed E-state index contributed by atoms with van der Waals surface area (Å²) in [5.74, 6) is -1.91. The molecule has 1 rings (SSSR count). The van der Waals surface area contributed by atoms with Gasteiger partial charge in [-0.1, -0.05) is 12.1 Å². The summed E-state index contributed by atoms with van der Waals surface area (Å²) >= 11 is 0. The summed E-state index contributed by atoms with van der Waals surface area (Å²) in [6.07, 6.45) is -5.51. The van der Waals surface area contributed by atoms with E-state index < -0.39 is 18.4 Å². The average Bonchev–Trinajstić information content (AvgIpc) is 2.45. The van der Waals surface area contributed by atoms with Crippen LogP contribution in [0.3, 0.4) is 0 Å². The summed E-state index contributed by atoms with van der Waals surface area (Å²) in [5.41, 5.74) is 0.649. The number of aryl methyl sites for hydroxylation is 1. The van der Waals surface area contributed by atoms with Crippen molar-refractivity contribution in [1.29, 1.82) is 0 Å². The molecular weight excluding hydrogens is 319 g/mol. The molecule has 0 fully saturated rings. The second-order valence-electron chi connectivity index (χ2n) is 4.56. The Balaban J connectivity index is 2.40. The zero-order valence-electron chi connectivity index (χ0n) is 12.2. The molecule has 1 unspecified atom stereocenters. The van der Waals surface area contributed by atoms with E-state index >= 15 is 0 Å². The Morgan fingerprint density at radius 2 is 1.87 bits per heavy atom. The summed E-state index contributed by atoms with van der Waals surface area (Å²) in [6, 6.07) is 5.16. The van der Waals surface area contributed by atoms with E-state index in [1.165, 1.54) is 19.2 Å². The minimum Gasteiger partial charge on any atom is -0.479 e. The van der Waals surface area contributed by atoms with Gasteiger partial charge in [-0.3, -0.25) is 4.79 Å². The first-order valence-corrected chi connectivity index (χ1v) is 6.58. The molecule has 0 aliphatic rings. The van der Waals surface area contributed by atoms with Crippen molar-refractivity contribution in [2.45, 2.75) is 25.3 Å². The molecule has 9 heteroatoms. The van der Waals surface area contributed by atoms with E-state index in [0.29, 0.717) is 12.0 Å². The number of carbonyl (C=O) groups is 2. The molecule has 1 aromatic rings. The van der Waals surface area contributed by atoms with Gasteiger partial charge >= 0.3 is 12.3 Å². The molecule has 0 saturated heterocycles. The molecule has 1 amide bonds. The standard InChI is InChI=1S/C14H16F3NO5/c1-22-11(13(20)21)8-18-12(19)7-4-9-2-5-10(6-3-9)23-14(15,16)17/h2-3,5-6,11H,4,7-8H2,1H3,(H,18,19)(H,20,21). The van der Waals surface area contributed by atoms with Crippen molar-refractivity contribution in [3.8, 4) is 5.75 Å². The van der Waals surface area contributed by atoms with Crippen LogP contribution in [0.5, 0.6) is 5.75 Å². The number of alkyl halides is 3. The zero-order valence-corrected chi connectivity index (χ0v) is 12.2. The van der Waals surface area contributed by atoms with E-state index in [1.807, 2.05) is 0 Å². The Kier molecular flexibility index (Phi) is 6.83. The van der Waals surface area contributed by atoms with E-state index in [2.05, 4.69) is 14.8 Å². The molecule has 0 aliphatic carbocycles. The zero-order chi connectivity index (χ0) is 17.5. The fourth-order valence-corrected chi connectivity index (χ4v) is 1.68. The van der Waals surface area contributed by atoms with Crippen molar-refractivity contribution in [3.05, 3.63) is 29.8 Å². The third kappa shape index (κ3) is 7.50. The normalized spacial score (nSPS) is 12.5. The second kappa shape index (κ2) is 8.37. The quantitative estimate of drug-likeness (QED) is 0.756. The van der Waals surface area contributed by atoms with Crippen LogP contribution in [0.2, 0.25) is 0 Å². The third-order valence-electron chi connectivity index (χ3n) is 2.84. The Labute approximate surface area is 130 Å². The minimum absolute atomic E-state index is 0.0650. The number of carboxylic acids is 1. The van der Waals surface area contributed by atoms with E-state index in [9.17, 15) is 22.8 Å². The van der Waals surface area contributed by atoms with Gasteiger partial charge in [-0.15, -0.1) is 13.2 Å². The summed E-state index contributed by atoms with van der Waals surface area (Å²) in [4.78, 5) is 22.3. The lowest BCUT2D eigenvalue weighted by Crippen LogP contribution is -2.37. The highest BCUT2D eigenvalue weighted by atomic mass is 19.4. The highest BCUT2D eigenvalue weighted by molar-refractivity contribution is 5.78. The van der Waals surface area contributed by atoms with Gasteiger partial charge < -0.3 is 19.9 Å². The predicted molar refractivity (Wildman–Crippen MR) is 72.9 cm³/mol. The van der Waals surface area contributed by atoms with Crippen LogP contribution >= 0.6 is 0 Å². The van der Waals surface area contributed by atoms with E-state index in [-0.39, 0.29) is 24.6 Å². The van der Waals surface area contributed by atoms with Crippen molar-refractivity contribution in [2.75, 3.05) is 13.7 Å². The largest absolute Gasteiger partial charge is 0.573 e. The van der Waals surface area contributed by atoms with Crippen LogP contribution in [0.15, 0.2) is 24.3 Å². The van der Waals surface area contributed by atoms with Crippen LogP contribution in [0, 0.1) is 0 Å². The number of benzene rings is 1. The van der Waals surface area contributed by atoms with Crippen LogP contribution in [-0.4, -0.2) is 43.1 Å². The molecule has 2 N–H and O–H groups in total. The number of halogens is 3. The summed E-state index contributed by atoms with van der Waals surface area (Å²) in [6.45, 7) is -0.164. The van der Waals surface area contributed by atoms with Crippen LogP contribution in [0.4, 0.5) is 13.2 Å². The molecule has 0 radical (unpaired) electrons. The summed E-state index contributed by atoms with van der Waals surface area (Å²) in [5, 5.41) is 11.1.